The van der Waals surface area contributed by atoms with Gasteiger partial charge in [0.25, 0.3) is 0 Å². The van der Waals surface area contributed by atoms with Gasteiger partial charge in [-0.2, -0.15) is 0 Å². The van der Waals surface area contributed by atoms with Gasteiger partial charge in [0.1, 0.15) is 5.41 Å². The molecule has 1 N–H and O–H groups in total. The lowest BCUT2D eigenvalue weighted by molar-refractivity contribution is -0.156. The van der Waals surface area contributed by atoms with E-state index in [1.165, 1.54) is 0 Å². The number of aliphatic hydroxyl groups is 1. The topological polar surface area (TPSA) is 63.6 Å². The highest BCUT2D eigenvalue weighted by Crippen LogP contribution is 2.74. The summed E-state index contributed by atoms with van der Waals surface area (Å²) in [6.07, 6.45) is 4.92. The smallest absolute Gasteiger partial charge is 0.320 e. The maximum atomic E-state index is 13.2. The van der Waals surface area contributed by atoms with Crippen molar-refractivity contribution in [2.45, 2.75) is 31.8 Å². The number of carbonyl (C=O) groups is 2. The molecule has 4 aliphatic rings. The van der Waals surface area contributed by atoms with Gasteiger partial charge in [-0.25, -0.2) is 0 Å². The number of carbonyl (C=O) groups excluding carboxylic acids is 2. The molecule has 5 rings (SSSR count). The largest absolute Gasteiger partial charge is 0.465 e. The van der Waals surface area contributed by atoms with E-state index in [9.17, 15) is 14.7 Å². The van der Waals surface area contributed by atoms with Crippen LogP contribution in [0.5, 0.6) is 0 Å². The van der Waals surface area contributed by atoms with Crippen LogP contribution in [0.15, 0.2) is 49.1 Å². The van der Waals surface area contributed by atoms with Crippen LogP contribution >= 0.6 is 0 Å². The van der Waals surface area contributed by atoms with Gasteiger partial charge in [0.15, 0.2) is 5.78 Å². The molecule has 4 aliphatic carbocycles. The lowest BCUT2D eigenvalue weighted by Crippen LogP contribution is -2.37. The molecule has 5 atom stereocenters. The highest BCUT2D eigenvalue weighted by atomic mass is 16.5. The third-order valence-electron chi connectivity index (χ3n) is 6.28. The molecule has 1 aromatic rings. The number of hydrogen-bond acceptors (Lipinski definition) is 4. The molecule has 0 saturated heterocycles. The molecular weight excluding hydrogens is 328 g/mol. The molecule has 2 saturated carbocycles. The van der Waals surface area contributed by atoms with Crippen molar-refractivity contribution < 1.29 is 19.4 Å². The Balaban J connectivity index is 1.89. The van der Waals surface area contributed by atoms with Crippen LogP contribution in [0.2, 0.25) is 0 Å². The van der Waals surface area contributed by atoms with E-state index in [-0.39, 0.29) is 30.6 Å². The number of fused-ring (bicyclic) bond motifs is 2. The molecule has 4 bridgehead atoms. The van der Waals surface area contributed by atoms with Crippen molar-refractivity contribution in [1.82, 2.24) is 0 Å². The van der Waals surface area contributed by atoms with Gasteiger partial charge in [0.2, 0.25) is 0 Å². The SMILES string of the molecule is C=CCC1(O)C[C@H]2C=C(c3ccccc3)C3[C@@H]1C3(C(=O)OCC)C(=O)C2. The molecule has 4 nitrogen and oxygen atoms in total. The van der Waals surface area contributed by atoms with Gasteiger partial charge in [-0.15, -0.1) is 6.58 Å². The minimum atomic E-state index is -1.25. The Hall–Kier alpha value is -2.20. The van der Waals surface area contributed by atoms with Crippen LogP contribution in [0, 0.1) is 23.2 Å². The van der Waals surface area contributed by atoms with Gasteiger partial charge in [-0.1, -0.05) is 42.5 Å². The quantitative estimate of drug-likeness (QED) is 0.502. The first-order valence-electron chi connectivity index (χ1n) is 9.30. The van der Waals surface area contributed by atoms with Crippen LogP contribution in [-0.4, -0.2) is 29.1 Å². The summed E-state index contributed by atoms with van der Waals surface area (Å²) >= 11 is 0. The number of hydrogen-bond donors (Lipinski definition) is 1. The zero-order valence-electron chi connectivity index (χ0n) is 15.0. The fourth-order valence-corrected chi connectivity index (χ4v) is 5.41. The fourth-order valence-electron chi connectivity index (χ4n) is 5.41. The number of esters is 1. The van der Waals surface area contributed by atoms with Gasteiger partial charge < -0.3 is 9.84 Å². The molecule has 1 aromatic carbocycles. The fraction of sp³-hybridized carbons (Fsp3) is 0.455. The van der Waals surface area contributed by atoms with Gasteiger partial charge >= 0.3 is 5.97 Å². The van der Waals surface area contributed by atoms with Crippen LogP contribution in [0.1, 0.15) is 31.7 Å². The third-order valence-corrected chi connectivity index (χ3v) is 6.28. The second kappa shape index (κ2) is 5.92. The standard InChI is InChI=1S/C22H24O4/c1-3-10-21(25)13-14-11-16(15-8-6-5-7-9-15)18-19(21)22(18,17(23)12-14)20(24)26-4-2/h3,5-9,11,14,18-19,25H,1,4,10,12-13H2,2H3/t14-,18?,19-,21?,22?/m0/s1. The summed E-state index contributed by atoms with van der Waals surface area (Å²) in [5.74, 6) is -1.41. The highest BCUT2D eigenvalue weighted by Gasteiger charge is 2.82. The summed E-state index contributed by atoms with van der Waals surface area (Å²) in [4.78, 5) is 26.1. The Morgan fingerprint density at radius 3 is 2.77 bits per heavy atom. The molecule has 0 aliphatic heterocycles. The molecule has 0 amide bonds. The Morgan fingerprint density at radius 1 is 1.38 bits per heavy atom. The van der Waals surface area contributed by atoms with Crippen molar-refractivity contribution in [2.24, 2.45) is 23.2 Å². The first-order valence-corrected chi connectivity index (χ1v) is 9.30. The van der Waals surface area contributed by atoms with E-state index in [0.717, 1.165) is 11.1 Å². The second-order valence-corrected chi connectivity index (χ2v) is 7.72. The highest BCUT2D eigenvalue weighted by molar-refractivity contribution is 6.12. The lowest BCUT2D eigenvalue weighted by Gasteiger charge is -2.28. The zero-order valence-corrected chi connectivity index (χ0v) is 15.0. The predicted octanol–water partition coefficient (Wildman–Crippen LogP) is 3.17. The normalized spacial score (nSPS) is 37.4. The molecule has 4 heteroatoms. The maximum absolute atomic E-state index is 13.2. The lowest BCUT2D eigenvalue weighted by atomic mass is 9.84. The molecule has 2 fully saturated rings. The summed E-state index contributed by atoms with van der Waals surface area (Å²) in [5, 5.41) is 11.4. The average molecular weight is 352 g/mol. The molecule has 0 aromatic heterocycles. The van der Waals surface area contributed by atoms with E-state index in [4.69, 9.17) is 4.74 Å². The first kappa shape index (κ1) is 17.2. The maximum Gasteiger partial charge on any atom is 0.320 e. The van der Waals surface area contributed by atoms with Crippen LogP contribution in [0.25, 0.3) is 5.57 Å². The van der Waals surface area contributed by atoms with Crippen molar-refractivity contribution in [1.29, 1.82) is 0 Å². The van der Waals surface area contributed by atoms with E-state index in [1.807, 2.05) is 30.3 Å². The van der Waals surface area contributed by atoms with Gasteiger partial charge in [0, 0.05) is 18.3 Å². The van der Waals surface area contributed by atoms with E-state index in [1.54, 1.807) is 13.0 Å². The van der Waals surface area contributed by atoms with Crippen molar-refractivity contribution in [3.05, 3.63) is 54.6 Å². The number of ketones is 1. The van der Waals surface area contributed by atoms with Gasteiger partial charge in [0.05, 0.1) is 12.2 Å². The second-order valence-electron chi connectivity index (χ2n) is 7.72. The minimum Gasteiger partial charge on any atom is -0.465 e. The van der Waals surface area contributed by atoms with Crippen LogP contribution < -0.4 is 0 Å². The van der Waals surface area contributed by atoms with Gasteiger partial charge in [-0.3, -0.25) is 9.59 Å². The van der Waals surface area contributed by atoms with Crippen molar-refractivity contribution >= 4 is 17.3 Å². The number of benzene rings is 1. The van der Waals surface area contributed by atoms with Crippen LogP contribution in [0.3, 0.4) is 0 Å². The third kappa shape index (κ3) is 2.18. The number of ether oxygens (including phenoxy) is 1. The Bertz CT molecular complexity index is 796. The molecule has 3 unspecified atom stereocenters. The summed E-state index contributed by atoms with van der Waals surface area (Å²) in [6, 6.07) is 9.86. The summed E-state index contributed by atoms with van der Waals surface area (Å²) in [5.41, 5.74) is -0.347. The summed E-state index contributed by atoms with van der Waals surface area (Å²) in [7, 11) is 0. The summed E-state index contributed by atoms with van der Waals surface area (Å²) < 4.78 is 5.33. The van der Waals surface area contributed by atoms with E-state index >= 15 is 0 Å². The molecule has 26 heavy (non-hydrogen) atoms. The zero-order chi connectivity index (χ0) is 18.5. The Morgan fingerprint density at radius 2 is 2.12 bits per heavy atom. The predicted molar refractivity (Wildman–Crippen MR) is 98.0 cm³/mol. The molecule has 0 radical (unpaired) electrons. The molecule has 0 spiro atoms. The monoisotopic (exact) mass is 352 g/mol. The minimum absolute atomic E-state index is 0.0750. The van der Waals surface area contributed by atoms with Crippen LogP contribution in [0.4, 0.5) is 0 Å². The first-order chi connectivity index (χ1) is 12.5. The van der Waals surface area contributed by atoms with Crippen molar-refractivity contribution in [2.75, 3.05) is 6.61 Å². The number of rotatable bonds is 5. The molecule has 136 valence electrons. The number of Topliss-reactive ketones (excluding diaryl/α,β-unsaturated/α-hetero) is 1. The van der Waals surface area contributed by atoms with E-state index in [0.29, 0.717) is 12.8 Å². The van der Waals surface area contributed by atoms with Crippen molar-refractivity contribution in [3.63, 3.8) is 0 Å². The summed E-state index contributed by atoms with van der Waals surface area (Å²) in [6.45, 7) is 5.74. The van der Waals surface area contributed by atoms with Crippen LogP contribution in [-0.2, 0) is 14.3 Å². The molecule has 0 heterocycles. The van der Waals surface area contributed by atoms with E-state index < -0.39 is 22.9 Å². The van der Waals surface area contributed by atoms with Gasteiger partial charge in [-0.05, 0) is 36.8 Å². The van der Waals surface area contributed by atoms with Crippen molar-refractivity contribution in [3.8, 4) is 0 Å². The Labute approximate surface area is 153 Å². The Kier molecular flexibility index (Phi) is 3.92. The van der Waals surface area contributed by atoms with E-state index in [2.05, 4.69) is 12.7 Å². The average Bonchev–Trinajstić information content (AvgIpc) is 3.35. The molecular formula is C22H24O4. The number of allylic oxidation sites excluding steroid dienone is 2.